The van der Waals surface area contributed by atoms with Crippen molar-refractivity contribution < 1.29 is 13.2 Å². The van der Waals surface area contributed by atoms with Crippen molar-refractivity contribution in [1.29, 1.82) is 0 Å². The maximum atomic E-state index is 12.0. The van der Waals surface area contributed by atoms with E-state index in [0.717, 1.165) is 18.2 Å². The summed E-state index contributed by atoms with van der Waals surface area (Å²) < 4.78 is 36.0. The highest BCUT2D eigenvalue weighted by molar-refractivity contribution is 7.80. The normalized spacial score (nSPS) is 11.7. The van der Waals surface area contributed by atoms with E-state index in [9.17, 15) is 13.2 Å². The second-order valence-electron chi connectivity index (χ2n) is 2.14. The fourth-order valence-electron chi connectivity index (χ4n) is 0.680. The smallest absolute Gasteiger partial charge is 0.166 e. The van der Waals surface area contributed by atoms with Crippen LogP contribution >= 0.6 is 24.2 Å². The van der Waals surface area contributed by atoms with Crippen LogP contribution in [0.4, 0.5) is 13.2 Å². The van der Waals surface area contributed by atoms with Crippen molar-refractivity contribution in [3.05, 3.63) is 28.8 Å². The van der Waals surface area contributed by atoms with Gasteiger partial charge in [-0.3, -0.25) is 0 Å². The van der Waals surface area contributed by atoms with Gasteiger partial charge in [-0.1, -0.05) is 24.2 Å². The molecule has 1 aromatic rings. The van der Waals surface area contributed by atoms with Gasteiger partial charge in [-0.15, -0.1) is 0 Å². The first-order valence-electron chi connectivity index (χ1n) is 2.95. The first kappa shape index (κ1) is 9.61. The fourth-order valence-corrected chi connectivity index (χ4v) is 0.992. The van der Waals surface area contributed by atoms with Crippen LogP contribution in [0.1, 0.15) is 5.56 Å². The number of hydrogen-bond donors (Lipinski definition) is 0. The molecule has 0 saturated heterocycles. The van der Waals surface area contributed by atoms with Crippen LogP contribution < -0.4 is 0 Å². The topological polar surface area (TPSA) is 0 Å². The molecule has 0 saturated carbocycles. The summed E-state index contributed by atoms with van der Waals surface area (Å²) in [4.78, 5) is 0.0199. The molecule has 0 aliphatic heterocycles. The molecule has 12 heavy (non-hydrogen) atoms. The molecule has 1 aromatic carbocycles. The summed E-state index contributed by atoms with van der Waals surface area (Å²) >= 11 is 10.0. The van der Waals surface area contributed by atoms with Crippen LogP contribution in [0.2, 0.25) is 5.02 Å². The van der Waals surface area contributed by atoms with Gasteiger partial charge >= 0.3 is 6.18 Å². The molecule has 1 radical (unpaired) electrons. The Bertz CT molecular complexity index is 295. The number of hydrogen-bond acceptors (Lipinski definition) is 0. The molecule has 0 amide bonds. The molecule has 0 spiro atoms. The molecule has 1 rings (SSSR count). The molecule has 0 aliphatic carbocycles. The Hall–Kier alpha value is -0.480. The van der Waals surface area contributed by atoms with Gasteiger partial charge in [-0.25, -0.2) is 0 Å². The van der Waals surface area contributed by atoms with Crippen molar-refractivity contribution in [2.24, 2.45) is 0 Å². The van der Waals surface area contributed by atoms with Crippen LogP contribution in [0.5, 0.6) is 0 Å². The standard InChI is InChI=1S/C7H3ClF3S/c8-5-2-1-4(3-6(5)12)7(9,10)11/h1-3H. The van der Waals surface area contributed by atoms with E-state index in [0.29, 0.717) is 0 Å². The van der Waals surface area contributed by atoms with E-state index < -0.39 is 11.7 Å². The summed E-state index contributed by atoms with van der Waals surface area (Å²) in [6.45, 7) is 0. The van der Waals surface area contributed by atoms with Crippen molar-refractivity contribution in [3.63, 3.8) is 0 Å². The van der Waals surface area contributed by atoms with Crippen molar-refractivity contribution in [2.45, 2.75) is 11.1 Å². The lowest BCUT2D eigenvalue weighted by molar-refractivity contribution is -0.137. The molecular weight excluding hydrogens is 209 g/mol. The van der Waals surface area contributed by atoms with Crippen LogP contribution in [0.15, 0.2) is 23.1 Å². The van der Waals surface area contributed by atoms with E-state index in [1.807, 2.05) is 0 Å². The van der Waals surface area contributed by atoms with Gasteiger partial charge in [0.1, 0.15) is 0 Å². The van der Waals surface area contributed by atoms with Crippen LogP contribution in [0.25, 0.3) is 0 Å². The van der Waals surface area contributed by atoms with Gasteiger partial charge < -0.3 is 0 Å². The van der Waals surface area contributed by atoms with Crippen LogP contribution in [0.3, 0.4) is 0 Å². The molecule has 0 N–H and O–H groups in total. The molecule has 0 fully saturated rings. The van der Waals surface area contributed by atoms with E-state index >= 15 is 0 Å². The third kappa shape index (κ3) is 2.01. The lowest BCUT2D eigenvalue weighted by Gasteiger charge is -2.06. The molecule has 5 heteroatoms. The second kappa shape index (κ2) is 3.11. The van der Waals surface area contributed by atoms with Crippen molar-refractivity contribution >= 4 is 24.2 Å². The molecule has 0 aliphatic rings. The predicted molar refractivity (Wildman–Crippen MR) is 42.3 cm³/mol. The highest BCUT2D eigenvalue weighted by atomic mass is 35.5. The predicted octanol–water partition coefficient (Wildman–Crippen LogP) is 3.92. The zero-order valence-electron chi connectivity index (χ0n) is 5.65. The molecule has 0 nitrogen and oxygen atoms in total. The minimum atomic E-state index is -4.35. The van der Waals surface area contributed by atoms with E-state index in [1.54, 1.807) is 0 Å². The van der Waals surface area contributed by atoms with Crippen molar-refractivity contribution in [2.75, 3.05) is 0 Å². The summed E-state index contributed by atoms with van der Waals surface area (Å²) in [5.41, 5.74) is -0.767. The highest BCUT2D eigenvalue weighted by Crippen LogP contribution is 2.32. The Morgan fingerprint density at radius 1 is 1.25 bits per heavy atom. The molecule has 0 aromatic heterocycles. The summed E-state index contributed by atoms with van der Waals surface area (Å²) in [5, 5.41) is 0.165. The third-order valence-electron chi connectivity index (χ3n) is 1.26. The minimum absolute atomic E-state index is 0.0199. The average Bonchev–Trinajstić information content (AvgIpc) is 1.92. The van der Waals surface area contributed by atoms with Gasteiger partial charge in [0.2, 0.25) is 0 Å². The second-order valence-corrected chi connectivity index (χ2v) is 2.99. The molecule has 0 bridgehead atoms. The monoisotopic (exact) mass is 211 g/mol. The largest absolute Gasteiger partial charge is 0.416 e. The third-order valence-corrected chi connectivity index (χ3v) is 2.04. The van der Waals surface area contributed by atoms with Crippen LogP contribution in [0, 0.1) is 0 Å². The SMILES string of the molecule is FC(F)(F)c1ccc(Cl)c([S])c1. The average molecular weight is 212 g/mol. The van der Waals surface area contributed by atoms with E-state index in [1.165, 1.54) is 0 Å². The maximum Gasteiger partial charge on any atom is 0.416 e. The Morgan fingerprint density at radius 2 is 1.83 bits per heavy atom. The zero-order chi connectivity index (χ0) is 9.35. The van der Waals surface area contributed by atoms with E-state index in [2.05, 4.69) is 12.6 Å². The number of halogens is 4. The number of benzene rings is 1. The lowest BCUT2D eigenvalue weighted by atomic mass is 10.2. The van der Waals surface area contributed by atoms with Gasteiger partial charge in [0.15, 0.2) is 0 Å². The Kier molecular flexibility index (Phi) is 2.49. The van der Waals surface area contributed by atoms with E-state index in [4.69, 9.17) is 11.6 Å². The lowest BCUT2D eigenvalue weighted by Crippen LogP contribution is -2.04. The van der Waals surface area contributed by atoms with Gasteiger partial charge in [0, 0.05) is 0 Å². The fraction of sp³-hybridized carbons (Fsp3) is 0.143. The maximum absolute atomic E-state index is 12.0. The molecular formula is C7H3ClF3S. The first-order chi connectivity index (χ1) is 5.41. The molecule has 0 unspecified atom stereocenters. The summed E-state index contributed by atoms with van der Waals surface area (Å²) in [7, 11) is 0. The Labute approximate surface area is 77.8 Å². The molecule has 0 atom stereocenters. The Morgan fingerprint density at radius 3 is 2.25 bits per heavy atom. The van der Waals surface area contributed by atoms with Crippen LogP contribution in [-0.4, -0.2) is 0 Å². The van der Waals surface area contributed by atoms with Gasteiger partial charge in [0.05, 0.1) is 15.5 Å². The number of alkyl halides is 3. The van der Waals surface area contributed by atoms with Crippen molar-refractivity contribution in [3.8, 4) is 0 Å². The first-order valence-corrected chi connectivity index (χ1v) is 3.73. The highest BCUT2D eigenvalue weighted by Gasteiger charge is 2.30. The molecule has 65 valence electrons. The minimum Gasteiger partial charge on any atom is -0.166 e. The number of rotatable bonds is 0. The summed E-state index contributed by atoms with van der Waals surface area (Å²) in [6.07, 6.45) is -4.35. The summed E-state index contributed by atoms with van der Waals surface area (Å²) in [6, 6.07) is 2.89. The molecule has 0 heterocycles. The van der Waals surface area contributed by atoms with E-state index in [-0.39, 0.29) is 9.92 Å². The zero-order valence-corrected chi connectivity index (χ0v) is 7.22. The quantitative estimate of drug-likeness (QED) is 0.610. The summed E-state index contributed by atoms with van der Waals surface area (Å²) in [5.74, 6) is 0. The van der Waals surface area contributed by atoms with Crippen molar-refractivity contribution in [1.82, 2.24) is 0 Å². The van der Waals surface area contributed by atoms with Gasteiger partial charge in [-0.2, -0.15) is 13.2 Å². The van der Waals surface area contributed by atoms with Gasteiger partial charge in [-0.05, 0) is 18.2 Å². The van der Waals surface area contributed by atoms with Crippen LogP contribution in [-0.2, 0) is 6.18 Å². The van der Waals surface area contributed by atoms with Gasteiger partial charge in [0.25, 0.3) is 0 Å². The Balaban J connectivity index is 3.14.